The number of rotatable bonds is 7. The number of nitrogens with zero attached hydrogens (tertiary/aromatic N) is 2. The number of carboxylic acid groups (broad SMARTS) is 1. The van der Waals surface area contributed by atoms with E-state index >= 15 is 0 Å². The first kappa shape index (κ1) is 12.7. The van der Waals surface area contributed by atoms with Crippen molar-refractivity contribution in [3.05, 3.63) is 11.8 Å². The third-order valence-corrected chi connectivity index (χ3v) is 2.51. The standard InChI is InChI=1S/C11H18N2O3/c1-3-8(2)7-10-13-12-9(16-10)5-4-6-11(14)15/h8H,3-7H2,1-2H3,(H,14,15). The van der Waals surface area contributed by atoms with Gasteiger partial charge >= 0.3 is 5.97 Å². The van der Waals surface area contributed by atoms with Gasteiger partial charge in [-0.1, -0.05) is 20.3 Å². The van der Waals surface area contributed by atoms with E-state index in [1.54, 1.807) is 0 Å². The molecule has 0 aliphatic heterocycles. The van der Waals surface area contributed by atoms with Crippen LogP contribution in [0.1, 0.15) is 44.9 Å². The van der Waals surface area contributed by atoms with Gasteiger partial charge in [0.1, 0.15) is 0 Å². The van der Waals surface area contributed by atoms with Crippen LogP contribution in [0.3, 0.4) is 0 Å². The van der Waals surface area contributed by atoms with Crippen molar-refractivity contribution in [2.45, 2.75) is 46.0 Å². The van der Waals surface area contributed by atoms with Crippen LogP contribution in [-0.2, 0) is 17.6 Å². The zero-order chi connectivity index (χ0) is 12.0. The number of aromatic nitrogens is 2. The SMILES string of the molecule is CCC(C)Cc1nnc(CCCC(=O)O)o1. The topological polar surface area (TPSA) is 76.2 Å². The molecule has 0 radical (unpaired) electrons. The van der Waals surface area contributed by atoms with Crippen LogP contribution in [0.25, 0.3) is 0 Å². The number of carbonyl (C=O) groups is 1. The van der Waals surface area contributed by atoms with E-state index in [-0.39, 0.29) is 6.42 Å². The first-order chi connectivity index (χ1) is 7.61. The van der Waals surface area contributed by atoms with Crippen LogP contribution in [0.4, 0.5) is 0 Å². The molecule has 1 unspecified atom stereocenters. The molecule has 1 aromatic heterocycles. The van der Waals surface area contributed by atoms with Crippen LogP contribution >= 0.6 is 0 Å². The molecule has 0 amide bonds. The molecule has 0 aromatic carbocycles. The first-order valence-electron chi connectivity index (χ1n) is 5.64. The number of aryl methyl sites for hydroxylation is 1. The second kappa shape index (κ2) is 6.25. The maximum Gasteiger partial charge on any atom is 0.303 e. The van der Waals surface area contributed by atoms with E-state index in [2.05, 4.69) is 24.0 Å². The van der Waals surface area contributed by atoms with E-state index in [9.17, 15) is 4.79 Å². The minimum atomic E-state index is -0.792. The lowest BCUT2D eigenvalue weighted by Gasteiger charge is -2.02. The summed E-state index contributed by atoms with van der Waals surface area (Å²) < 4.78 is 5.42. The van der Waals surface area contributed by atoms with Crippen molar-refractivity contribution < 1.29 is 14.3 Å². The molecule has 0 spiro atoms. The van der Waals surface area contributed by atoms with Gasteiger partial charge in [-0.05, 0) is 12.3 Å². The Bertz CT molecular complexity index is 336. The fourth-order valence-corrected chi connectivity index (χ4v) is 1.31. The Labute approximate surface area is 94.9 Å². The Morgan fingerprint density at radius 1 is 1.44 bits per heavy atom. The highest BCUT2D eigenvalue weighted by molar-refractivity contribution is 5.66. The lowest BCUT2D eigenvalue weighted by atomic mass is 10.1. The Hall–Kier alpha value is -1.39. The second-order valence-corrected chi connectivity index (χ2v) is 4.05. The monoisotopic (exact) mass is 226 g/mol. The van der Waals surface area contributed by atoms with Crippen LogP contribution in [0.15, 0.2) is 4.42 Å². The molecule has 0 bridgehead atoms. The van der Waals surface area contributed by atoms with E-state index in [1.807, 2.05) is 0 Å². The minimum Gasteiger partial charge on any atom is -0.481 e. The van der Waals surface area contributed by atoms with Crippen LogP contribution in [0.5, 0.6) is 0 Å². The van der Waals surface area contributed by atoms with Gasteiger partial charge < -0.3 is 9.52 Å². The molecule has 90 valence electrons. The summed E-state index contributed by atoms with van der Waals surface area (Å²) in [6.45, 7) is 4.25. The highest BCUT2D eigenvalue weighted by Gasteiger charge is 2.09. The van der Waals surface area contributed by atoms with E-state index in [1.165, 1.54) is 0 Å². The third kappa shape index (κ3) is 4.42. The molecule has 0 aliphatic carbocycles. The summed E-state index contributed by atoms with van der Waals surface area (Å²) >= 11 is 0. The smallest absolute Gasteiger partial charge is 0.303 e. The molecular weight excluding hydrogens is 208 g/mol. The summed E-state index contributed by atoms with van der Waals surface area (Å²) in [5, 5.41) is 16.3. The van der Waals surface area contributed by atoms with Gasteiger partial charge in [-0.2, -0.15) is 0 Å². The molecule has 0 fully saturated rings. The van der Waals surface area contributed by atoms with Gasteiger partial charge in [-0.3, -0.25) is 4.79 Å². The first-order valence-corrected chi connectivity index (χ1v) is 5.64. The Morgan fingerprint density at radius 3 is 2.75 bits per heavy atom. The fourth-order valence-electron chi connectivity index (χ4n) is 1.31. The zero-order valence-corrected chi connectivity index (χ0v) is 9.77. The summed E-state index contributed by atoms with van der Waals surface area (Å²) in [7, 11) is 0. The van der Waals surface area contributed by atoms with E-state index in [0.717, 1.165) is 12.8 Å². The average Bonchev–Trinajstić information content (AvgIpc) is 2.65. The van der Waals surface area contributed by atoms with Crippen molar-refractivity contribution in [1.29, 1.82) is 0 Å². The number of aliphatic carboxylic acids is 1. The third-order valence-electron chi connectivity index (χ3n) is 2.51. The molecule has 1 N–H and O–H groups in total. The molecule has 16 heavy (non-hydrogen) atoms. The van der Waals surface area contributed by atoms with Gasteiger partial charge in [0.15, 0.2) is 0 Å². The van der Waals surface area contributed by atoms with Gasteiger partial charge in [-0.25, -0.2) is 0 Å². The van der Waals surface area contributed by atoms with E-state index in [4.69, 9.17) is 9.52 Å². The van der Waals surface area contributed by atoms with Crippen molar-refractivity contribution in [2.75, 3.05) is 0 Å². The maximum absolute atomic E-state index is 10.3. The Balaban J connectivity index is 2.36. The van der Waals surface area contributed by atoms with Crippen molar-refractivity contribution in [3.8, 4) is 0 Å². The fraction of sp³-hybridized carbons (Fsp3) is 0.727. The second-order valence-electron chi connectivity index (χ2n) is 4.05. The summed E-state index contributed by atoms with van der Waals surface area (Å²) in [5.74, 6) is 0.936. The highest BCUT2D eigenvalue weighted by atomic mass is 16.4. The normalized spacial score (nSPS) is 12.6. The minimum absolute atomic E-state index is 0.142. The highest BCUT2D eigenvalue weighted by Crippen LogP contribution is 2.11. The molecule has 1 aromatic rings. The summed E-state index contributed by atoms with van der Waals surface area (Å²) in [6.07, 6.45) is 3.10. The van der Waals surface area contributed by atoms with Gasteiger partial charge in [-0.15, -0.1) is 10.2 Å². The van der Waals surface area contributed by atoms with Crippen LogP contribution in [-0.4, -0.2) is 21.3 Å². The average molecular weight is 226 g/mol. The van der Waals surface area contributed by atoms with Crippen molar-refractivity contribution in [2.24, 2.45) is 5.92 Å². The molecular formula is C11H18N2O3. The lowest BCUT2D eigenvalue weighted by Crippen LogP contribution is -1.97. The predicted octanol–water partition coefficient (Wildman–Crippen LogP) is 2.07. The van der Waals surface area contributed by atoms with Crippen molar-refractivity contribution >= 4 is 5.97 Å². The van der Waals surface area contributed by atoms with Gasteiger partial charge in [0.25, 0.3) is 0 Å². The number of carboxylic acids is 1. The molecule has 5 heteroatoms. The van der Waals surface area contributed by atoms with E-state index in [0.29, 0.717) is 30.5 Å². The van der Waals surface area contributed by atoms with Crippen molar-refractivity contribution in [3.63, 3.8) is 0 Å². The predicted molar refractivity (Wildman–Crippen MR) is 58.0 cm³/mol. The van der Waals surface area contributed by atoms with Crippen LogP contribution in [0, 0.1) is 5.92 Å². The lowest BCUT2D eigenvalue weighted by molar-refractivity contribution is -0.137. The molecule has 0 aliphatic rings. The van der Waals surface area contributed by atoms with Gasteiger partial charge in [0.05, 0.1) is 0 Å². The Kier molecular flexibility index (Phi) is 4.95. The van der Waals surface area contributed by atoms with Crippen molar-refractivity contribution in [1.82, 2.24) is 10.2 Å². The molecule has 1 heterocycles. The van der Waals surface area contributed by atoms with Crippen LogP contribution in [0.2, 0.25) is 0 Å². The zero-order valence-electron chi connectivity index (χ0n) is 9.77. The summed E-state index contributed by atoms with van der Waals surface area (Å²) in [6, 6.07) is 0. The number of hydrogen-bond acceptors (Lipinski definition) is 4. The maximum atomic E-state index is 10.3. The van der Waals surface area contributed by atoms with Gasteiger partial charge in [0, 0.05) is 19.3 Å². The summed E-state index contributed by atoms with van der Waals surface area (Å²) in [5.41, 5.74) is 0. The van der Waals surface area contributed by atoms with Gasteiger partial charge in [0.2, 0.25) is 11.8 Å². The molecule has 5 nitrogen and oxygen atoms in total. The number of hydrogen-bond donors (Lipinski definition) is 1. The molecule has 0 saturated heterocycles. The van der Waals surface area contributed by atoms with E-state index < -0.39 is 5.97 Å². The molecule has 0 saturated carbocycles. The molecule has 1 rings (SSSR count). The molecule has 1 atom stereocenters. The van der Waals surface area contributed by atoms with Crippen LogP contribution < -0.4 is 0 Å². The quantitative estimate of drug-likeness (QED) is 0.770. The Morgan fingerprint density at radius 2 is 2.12 bits per heavy atom. The summed E-state index contributed by atoms with van der Waals surface area (Å²) in [4.78, 5) is 10.3. The largest absolute Gasteiger partial charge is 0.481 e.